The Bertz CT molecular complexity index is 750. The van der Waals surface area contributed by atoms with E-state index in [2.05, 4.69) is 51.9 Å². The average Bonchev–Trinajstić information content (AvgIpc) is 3.32. The van der Waals surface area contributed by atoms with E-state index in [1.165, 1.54) is 23.2 Å². The van der Waals surface area contributed by atoms with Gasteiger partial charge in [-0.2, -0.15) is 0 Å². The number of carbonyl (C=O) groups excluding carboxylic acids is 1. The van der Waals surface area contributed by atoms with Gasteiger partial charge in [-0.05, 0) is 67.6 Å². The molecule has 136 valence electrons. The Morgan fingerprint density at radius 2 is 2.00 bits per heavy atom. The van der Waals surface area contributed by atoms with Gasteiger partial charge in [-0.3, -0.25) is 4.79 Å². The summed E-state index contributed by atoms with van der Waals surface area (Å²) in [4.78, 5) is 14.6. The number of hydrogen-bond acceptors (Lipinski definition) is 3. The van der Waals surface area contributed by atoms with Crippen molar-refractivity contribution in [2.75, 3.05) is 29.9 Å². The maximum Gasteiger partial charge on any atom is 0.224 e. The van der Waals surface area contributed by atoms with Crippen LogP contribution in [0, 0.1) is 5.92 Å². The molecule has 2 aliphatic rings. The second kappa shape index (κ2) is 7.92. The van der Waals surface area contributed by atoms with E-state index in [0.29, 0.717) is 12.3 Å². The van der Waals surface area contributed by atoms with Crippen LogP contribution in [0.4, 0.5) is 11.4 Å². The Hall–Kier alpha value is -2.33. The predicted octanol–water partition coefficient (Wildman–Crippen LogP) is 3.58. The molecule has 2 N–H and O–H groups in total. The zero-order chi connectivity index (χ0) is 17.8. The molecule has 1 atom stereocenters. The first-order valence-corrected chi connectivity index (χ1v) is 9.70. The van der Waals surface area contributed by atoms with Crippen molar-refractivity contribution >= 4 is 17.3 Å². The van der Waals surface area contributed by atoms with Gasteiger partial charge in [0.2, 0.25) is 5.91 Å². The van der Waals surface area contributed by atoms with E-state index in [1.54, 1.807) is 0 Å². The molecule has 4 heteroatoms. The van der Waals surface area contributed by atoms with Gasteiger partial charge in [0.1, 0.15) is 0 Å². The van der Waals surface area contributed by atoms with Gasteiger partial charge in [0.05, 0.1) is 0 Å². The normalized spacial score (nSPS) is 18.8. The van der Waals surface area contributed by atoms with E-state index in [9.17, 15) is 4.79 Å². The molecule has 1 unspecified atom stereocenters. The minimum atomic E-state index is 0.123. The van der Waals surface area contributed by atoms with Gasteiger partial charge in [0, 0.05) is 30.9 Å². The molecule has 2 heterocycles. The lowest BCUT2D eigenvalue weighted by atomic mass is 10.0. The number of rotatable bonds is 6. The number of fused-ring (bicyclic) bond motifs is 1. The van der Waals surface area contributed by atoms with E-state index in [1.807, 2.05) is 12.1 Å². The van der Waals surface area contributed by atoms with Gasteiger partial charge in [0.15, 0.2) is 0 Å². The molecule has 0 radical (unpaired) electrons. The number of anilines is 2. The molecule has 2 aromatic carbocycles. The van der Waals surface area contributed by atoms with E-state index in [-0.39, 0.29) is 5.91 Å². The van der Waals surface area contributed by atoms with Crippen LogP contribution in [0.2, 0.25) is 0 Å². The molecule has 0 bridgehead atoms. The topological polar surface area (TPSA) is 44.4 Å². The highest BCUT2D eigenvalue weighted by molar-refractivity contribution is 5.90. The van der Waals surface area contributed by atoms with Gasteiger partial charge in [-0.25, -0.2) is 0 Å². The standard InChI is InChI=1S/C22H27N3O/c26-22(10-7-17-11-13-23-15-17)24-20-8-5-18(6-9-20)16-25-14-12-19-3-1-2-4-21(19)25/h1-6,8-9,17,23H,7,10-16H2,(H,24,26). The van der Waals surface area contributed by atoms with Crippen molar-refractivity contribution in [3.8, 4) is 0 Å². The highest BCUT2D eigenvalue weighted by Gasteiger charge is 2.18. The fraction of sp³-hybridized carbons (Fsp3) is 0.409. The van der Waals surface area contributed by atoms with E-state index in [0.717, 1.165) is 44.7 Å². The summed E-state index contributed by atoms with van der Waals surface area (Å²) >= 11 is 0. The van der Waals surface area contributed by atoms with Gasteiger partial charge in [-0.15, -0.1) is 0 Å². The number of benzene rings is 2. The van der Waals surface area contributed by atoms with Crippen LogP contribution < -0.4 is 15.5 Å². The molecule has 4 rings (SSSR count). The molecular formula is C22H27N3O. The Kier molecular flexibility index (Phi) is 5.21. The van der Waals surface area contributed by atoms with Crippen molar-refractivity contribution in [2.45, 2.75) is 32.2 Å². The van der Waals surface area contributed by atoms with Crippen molar-refractivity contribution < 1.29 is 4.79 Å². The first-order valence-electron chi connectivity index (χ1n) is 9.70. The molecule has 2 aromatic rings. The summed E-state index contributed by atoms with van der Waals surface area (Å²) in [5, 5.41) is 6.38. The Labute approximate surface area is 155 Å². The smallest absolute Gasteiger partial charge is 0.224 e. The quantitative estimate of drug-likeness (QED) is 0.838. The fourth-order valence-corrected chi connectivity index (χ4v) is 4.00. The number of carbonyl (C=O) groups is 1. The zero-order valence-electron chi connectivity index (χ0n) is 15.2. The summed E-state index contributed by atoms with van der Waals surface area (Å²) in [6.45, 7) is 4.14. The maximum atomic E-state index is 12.1. The molecule has 1 fully saturated rings. The molecule has 2 aliphatic heterocycles. The first-order chi connectivity index (χ1) is 12.8. The summed E-state index contributed by atoms with van der Waals surface area (Å²) in [6, 6.07) is 16.9. The summed E-state index contributed by atoms with van der Waals surface area (Å²) in [5.41, 5.74) is 4.96. The zero-order valence-corrected chi connectivity index (χ0v) is 15.2. The number of para-hydroxylation sites is 1. The highest BCUT2D eigenvalue weighted by Crippen LogP contribution is 2.29. The molecule has 4 nitrogen and oxygen atoms in total. The number of nitrogens with zero attached hydrogens (tertiary/aromatic N) is 1. The highest BCUT2D eigenvalue weighted by atomic mass is 16.1. The third-order valence-corrected chi connectivity index (χ3v) is 5.54. The molecule has 26 heavy (non-hydrogen) atoms. The van der Waals surface area contributed by atoms with Gasteiger partial charge in [-0.1, -0.05) is 30.3 Å². The third kappa shape index (κ3) is 4.07. The molecule has 1 amide bonds. The van der Waals surface area contributed by atoms with Gasteiger partial charge < -0.3 is 15.5 Å². The number of hydrogen-bond donors (Lipinski definition) is 2. The minimum Gasteiger partial charge on any atom is -0.367 e. The van der Waals surface area contributed by atoms with Crippen LogP contribution in [0.1, 0.15) is 30.4 Å². The second-order valence-corrected chi connectivity index (χ2v) is 7.44. The summed E-state index contributed by atoms with van der Waals surface area (Å²) in [6.07, 6.45) is 3.91. The largest absolute Gasteiger partial charge is 0.367 e. The van der Waals surface area contributed by atoms with Crippen LogP contribution in [0.3, 0.4) is 0 Å². The van der Waals surface area contributed by atoms with Crippen molar-refractivity contribution in [1.29, 1.82) is 0 Å². The van der Waals surface area contributed by atoms with E-state index < -0.39 is 0 Å². The minimum absolute atomic E-state index is 0.123. The van der Waals surface area contributed by atoms with Crippen LogP contribution in [-0.2, 0) is 17.8 Å². The van der Waals surface area contributed by atoms with E-state index in [4.69, 9.17) is 0 Å². The molecule has 0 saturated carbocycles. The SMILES string of the molecule is O=C(CCC1CCNC1)Nc1ccc(CN2CCc3ccccc32)cc1. The molecular weight excluding hydrogens is 322 g/mol. The molecule has 1 saturated heterocycles. The van der Waals surface area contributed by atoms with Crippen molar-refractivity contribution in [3.63, 3.8) is 0 Å². The Balaban J connectivity index is 1.29. The van der Waals surface area contributed by atoms with Crippen molar-refractivity contribution in [2.24, 2.45) is 5.92 Å². The lowest BCUT2D eigenvalue weighted by molar-refractivity contribution is -0.116. The molecule has 0 aromatic heterocycles. The van der Waals surface area contributed by atoms with Crippen molar-refractivity contribution in [1.82, 2.24) is 5.32 Å². The first kappa shape index (κ1) is 17.1. The van der Waals surface area contributed by atoms with Crippen LogP contribution in [0.25, 0.3) is 0 Å². The monoisotopic (exact) mass is 349 g/mol. The Morgan fingerprint density at radius 1 is 1.15 bits per heavy atom. The van der Waals surface area contributed by atoms with Crippen LogP contribution in [0.5, 0.6) is 0 Å². The van der Waals surface area contributed by atoms with Gasteiger partial charge in [0.25, 0.3) is 0 Å². The average molecular weight is 349 g/mol. The summed E-state index contributed by atoms with van der Waals surface area (Å²) < 4.78 is 0. The third-order valence-electron chi connectivity index (χ3n) is 5.54. The number of amides is 1. The van der Waals surface area contributed by atoms with Crippen LogP contribution >= 0.6 is 0 Å². The van der Waals surface area contributed by atoms with E-state index >= 15 is 0 Å². The lowest BCUT2D eigenvalue weighted by Gasteiger charge is -2.19. The maximum absolute atomic E-state index is 12.1. The fourth-order valence-electron chi connectivity index (χ4n) is 4.00. The number of nitrogens with one attached hydrogen (secondary N) is 2. The van der Waals surface area contributed by atoms with Gasteiger partial charge >= 0.3 is 0 Å². The van der Waals surface area contributed by atoms with Crippen LogP contribution in [-0.4, -0.2) is 25.5 Å². The molecule has 0 aliphatic carbocycles. The molecule has 0 spiro atoms. The summed E-state index contributed by atoms with van der Waals surface area (Å²) in [7, 11) is 0. The van der Waals surface area contributed by atoms with Crippen LogP contribution in [0.15, 0.2) is 48.5 Å². The summed E-state index contributed by atoms with van der Waals surface area (Å²) in [5.74, 6) is 0.782. The second-order valence-electron chi connectivity index (χ2n) is 7.44. The lowest BCUT2D eigenvalue weighted by Crippen LogP contribution is -2.19. The Morgan fingerprint density at radius 3 is 2.81 bits per heavy atom. The predicted molar refractivity (Wildman–Crippen MR) is 106 cm³/mol. The van der Waals surface area contributed by atoms with Crippen molar-refractivity contribution in [3.05, 3.63) is 59.7 Å².